The lowest BCUT2D eigenvalue weighted by Crippen LogP contribution is -2.25. The van der Waals surface area contributed by atoms with Crippen molar-refractivity contribution in [3.8, 4) is 22.3 Å². The van der Waals surface area contributed by atoms with E-state index in [1.165, 1.54) is 22.3 Å². The van der Waals surface area contributed by atoms with Crippen LogP contribution in [0.5, 0.6) is 0 Å². The fourth-order valence-electron chi connectivity index (χ4n) is 4.40. The van der Waals surface area contributed by atoms with Crippen LogP contribution in [0.15, 0.2) is 97.1 Å². The highest BCUT2D eigenvalue weighted by Crippen LogP contribution is 2.44. The first-order valence-corrected chi connectivity index (χ1v) is 10.7. The lowest BCUT2D eigenvalue weighted by Gasteiger charge is -2.15. The number of amides is 1. The molecule has 0 atom stereocenters. The number of carbonyl (C=O) groups is 1. The molecule has 0 aliphatic heterocycles. The van der Waals surface area contributed by atoms with Crippen LogP contribution in [-0.4, -0.2) is 12.7 Å². The van der Waals surface area contributed by atoms with Crippen molar-refractivity contribution in [2.75, 3.05) is 12.3 Å². The highest BCUT2D eigenvalue weighted by atomic mass is 16.5. The molecule has 1 aliphatic rings. The molecule has 0 fully saturated rings. The van der Waals surface area contributed by atoms with Gasteiger partial charge in [0.2, 0.25) is 0 Å². The predicted octanol–water partition coefficient (Wildman–Crippen LogP) is 5.97. The van der Waals surface area contributed by atoms with Gasteiger partial charge in [-0.2, -0.15) is 0 Å². The third kappa shape index (κ3) is 3.95. The lowest BCUT2D eigenvalue weighted by molar-refractivity contribution is 0.142. The standard InChI is InChI=1S/C28H24N2O2/c29-22-10-6-9-21(16-22)20-8-5-7-19(15-20)17-30-28(31)32-18-27-25-13-3-1-11-23(25)24-12-2-4-14-26(24)27/h1-16,27H,17-18,29H2,(H,30,31). The van der Waals surface area contributed by atoms with Gasteiger partial charge in [0.15, 0.2) is 0 Å². The van der Waals surface area contributed by atoms with Crippen LogP contribution in [0.4, 0.5) is 10.5 Å². The number of nitrogen functional groups attached to an aromatic ring is 1. The van der Waals surface area contributed by atoms with Crippen LogP contribution in [0.25, 0.3) is 22.3 Å². The lowest BCUT2D eigenvalue weighted by atomic mass is 9.98. The third-order valence-corrected chi connectivity index (χ3v) is 5.93. The SMILES string of the molecule is Nc1cccc(-c2cccc(CNC(=O)OCC3c4ccccc4-c4ccccc43)c2)c1. The number of ether oxygens (including phenoxy) is 1. The summed E-state index contributed by atoms with van der Waals surface area (Å²) in [6, 6.07) is 32.5. The number of nitrogens with two attached hydrogens (primary N) is 1. The molecule has 3 N–H and O–H groups in total. The molecule has 0 spiro atoms. The van der Waals surface area contributed by atoms with Gasteiger partial charge in [-0.15, -0.1) is 0 Å². The van der Waals surface area contributed by atoms with Crippen LogP contribution in [-0.2, 0) is 11.3 Å². The maximum Gasteiger partial charge on any atom is 0.407 e. The summed E-state index contributed by atoms with van der Waals surface area (Å²) >= 11 is 0. The molecule has 4 aromatic rings. The molecule has 158 valence electrons. The summed E-state index contributed by atoms with van der Waals surface area (Å²) < 4.78 is 5.63. The van der Waals surface area contributed by atoms with Crippen LogP contribution < -0.4 is 11.1 Å². The molecule has 32 heavy (non-hydrogen) atoms. The molecule has 0 bridgehead atoms. The summed E-state index contributed by atoms with van der Waals surface area (Å²) in [5.41, 5.74) is 14.6. The first-order chi connectivity index (χ1) is 15.7. The van der Waals surface area contributed by atoms with Crippen LogP contribution in [0, 0.1) is 0 Å². The van der Waals surface area contributed by atoms with Crippen molar-refractivity contribution >= 4 is 11.8 Å². The fourth-order valence-corrected chi connectivity index (χ4v) is 4.40. The number of anilines is 1. The summed E-state index contributed by atoms with van der Waals surface area (Å²) in [6.07, 6.45) is -0.416. The van der Waals surface area contributed by atoms with Crippen molar-refractivity contribution in [1.29, 1.82) is 0 Å². The Bertz CT molecular complexity index is 1240. The van der Waals surface area contributed by atoms with Crippen LogP contribution in [0.3, 0.4) is 0 Å². The molecular weight excluding hydrogens is 396 g/mol. The molecule has 0 heterocycles. The number of carbonyl (C=O) groups excluding carboxylic acids is 1. The quantitative estimate of drug-likeness (QED) is 0.391. The average molecular weight is 421 g/mol. The minimum atomic E-state index is -0.416. The summed E-state index contributed by atoms with van der Waals surface area (Å²) in [5, 5.41) is 2.88. The van der Waals surface area contributed by atoms with Crippen LogP contribution in [0.1, 0.15) is 22.6 Å². The van der Waals surface area contributed by atoms with E-state index in [9.17, 15) is 4.79 Å². The largest absolute Gasteiger partial charge is 0.449 e. The van der Waals surface area contributed by atoms with E-state index in [1.54, 1.807) is 0 Å². The van der Waals surface area contributed by atoms with Gasteiger partial charge in [0.1, 0.15) is 6.61 Å². The number of hydrogen-bond acceptors (Lipinski definition) is 3. The van der Waals surface area contributed by atoms with E-state index in [4.69, 9.17) is 10.5 Å². The molecular formula is C28H24N2O2. The van der Waals surface area contributed by atoms with Crippen molar-refractivity contribution in [3.05, 3.63) is 114 Å². The van der Waals surface area contributed by atoms with Crippen molar-refractivity contribution in [1.82, 2.24) is 5.32 Å². The Morgan fingerprint density at radius 3 is 2.09 bits per heavy atom. The van der Waals surface area contributed by atoms with E-state index in [2.05, 4.69) is 35.6 Å². The molecule has 1 aliphatic carbocycles. The molecule has 5 rings (SSSR count). The number of alkyl carbamates (subject to hydrolysis) is 1. The zero-order chi connectivity index (χ0) is 21.9. The Hall–Kier alpha value is -4.05. The van der Waals surface area contributed by atoms with Gasteiger partial charge < -0.3 is 15.8 Å². The summed E-state index contributed by atoms with van der Waals surface area (Å²) in [5.74, 6) is 0.0556. The Labute approximate surface area is 187 Å². The molecule has 0 saturated heterocycles. The van der Waals surface area contributed by atoms with E-state index in [-0.39, 0.29) is 5.92 Å². The zero-order valence-corrected chi connectivity index (χ0v) is 17.6. The topological polar surface area (TPSA) is 64.3 Å². The van der Waals surface area contributed by atoms with Crippen molar-refractivity contribution < 1.29 is 9.53 Å². The van der Waals surface area contributed by atoms with E-state index in [1.807, 2.05) is 66.7 Å². The van der Waals surface area contributed by atoms with E-state index < -0.39 is 6.09 Å². The molecule has 0 radical (unpaired) electrons. The maximum atomic E-state index is 12.4. The number of benzene rings is 4. The highest BCUT2D eigenvalue weighted by Gasteiger charge is 2.28. The second-order valence-electron chi connectivity index (χ2n) is 8.00. The van der Waals surface area contributed by atoms with E-state index in [0.717, 1.165) is 22.4 Å². The van der Waals surface area contributed by atoms with Gasteiger partial charge in [0.25, 0.3) is 0 Å². The van der Waals surface area contributed by atoms with Gasteiger partial charge in [0.05, 0.1) is 0 Å². The number of hydrogen-bond donors (Lipinski definition) is 2. The Morgan fingerprint density at radius 2 is 1.41 bits per heavy atom. The Balaban J connectivity index is 1.23. The highest BCUT2D eigenvalue weighted by molar-refractivity contribution is 5.79. The van der Waals surface area contributed by atoms with Gasteiger partial charge in [0, 0.05) is 18.2 Å². The molecule has 4 nitrogen and oxygen atoms in total. The minimum Gasteiger partial charge on any atom is -0.449 e. The molecule has 4 heteroatoms. The monoisotopic (exact) mass is 420 g/mol. The van der Waals surface area contributed by atoms with Crippen molar-refractivity contribution in [3.63, 3.8) is 0 Å². The summed E-state index contributed by atoms with van der Waals surface area (Å²) in [6.45, 7) is 0.704. The molecule has 0 unspecified atom stereocenters. The fraction of sp³-hybridized carbons (Fsp3) is 0.107. The summed E-state index contributed by atoms with van der Waals surface area (Å²) in [4.78, 5) is 12.4. The van der Waals surface area contributed by atoms with Gasteiger partial charge in [-0.25, -0.2) is 4.79 Å². The molecule has 0 aromatic heterocycles. The van der Waals surface area contributed by atoms with Gasteiger partial charge >= 0.3 is 6.09 Å². The van der Waals surface area contributed by atoms with Crippen molar-refractivity contribution in [2.45, 2.75) is 12.5 Å². The Morgan fingerprint density at radius 1 is 0.781 bits per heavy atom. The van der Waals surface area contributed by atoms with Crippen LogP contribution >= 0.6 is 0 Å². The number of fused-ring (bicyclic) bond motifs is 3. The van der Waals surface area contributed by atoms with Gasteiger partial charge in [-0.1, -0.05) is 78.9 Å². The number of nitrogens with one attached hydrogen (secondary N) is 1. The smallest absolute Gasteiger partial charge is 0.407 e. The second-order valence-corrected chi connectivity index (χ2v) is 8.00. The first-order valence-electron chi connectivity index (χ1n) is 10.7. The normalized spacial score (nSPS) is 12.1. The minimum absolute atomic E-state index is 0.0556. The Kier molecular flexibility index (Phi) is 5.34. The summed E-state index contributed by atoms with van der Waals surface area (Å²) in [7, 11) is 0. The molecule has 0 saturated carbocycles. The van der Waals surface area contributed by atoms with Crippen molar-refractivity contribution in [2.24, 2.45) is 0 Å². The second kappa shape index (κ2) is 8.60. The van der Waals surface area contributed by atoms with Crippen LogP contribution in [0.2, 0.25) is 0 Å². The third-order valence-electron chi connectivity index (χ3n) is 5.93. The zero-order valence-electron chi connectivity index (χ0n) is 17.6. The predicted molar refractivity (Wildman–Crippen MR) is 128 cm³/mol. The molecule has 1 amide bonds. The van der Waals surface area contributed by atoms with Gasteiger partial charge in [-0.05, 0) is 57.1 Å². The average Bonchev–Trinajstić information content (AvgIpc) is 3.15. The molecule has 4 aromatic carbocycles. The maximum absolute atomic E-state index is 12.4. The van der Waals surface area contributed by atoms with Gasteiger partial charge in [-0.3, -0.25) is 0 Å². The first kappa shape index (κ1) is 19.9. The van der Waals surface area contributed by atoms with E-state index in [0.29, 0.717) is 13.2 Å². The van der Waals surface area contributed by atoms with E-state index >= 15 is 0 Å². The number of rotatable bonds is 5.